The first-order chi connectivity index (χ1) is 9.13. The molecule has 19 heavy (non-hydrogen) atoms. The molecule has 0 aliphatic rings. The standard InChI is InChI=1S/C13H9F2N3S/c1-7-4-9-12(16-6-17-13(9)19-7)18-11-3-2-8(14)5-10(11)15/h2-6H,1H3,(H,16,17,18). The number of hydrogen-bond acceptors (Lipinski definition) is 4. The molecule has 0 bridgehead atoms. The molecule has 0 amide bonds. The van der Waals surface area contributed by atoms with Gasteiger partial charge in [-0.15, -0.1) is 11.3 Å². The number of halogens is 2. The number of nitrogens with one attached hydrogen (secondary N) is 1. The van der Waals surface area contributed by atoms with Crippen LogP contribution in [0.15, 0.2) is 30.6 Å². The highest BCUT2D eigenvalue weighted by Gasteiger charge is 2.09. The van der Waals surface area contributed by atoms with Gasteiger partial charge < -0.3 is 5.32 Å². The Morgan fingerprint density at radius 2 is 2.00 bits per heavy atom. The van der Waals surface area contributed by atoms with Gasteiger partial charge in [0, 0.05) is 10.9 Å². The quantitative estimate of drug-likeness (QED) is 0.768. The second-order valence-corrected chi connectivity index (χ2v) is 5.28. The van der Waals surface area contributed by atoms with Crippen LogP contribution in [-0.4, -0.2) is 9.97 Å². The largest absolute Gasteiger partial charge is 0.337 e. The third kappa shape index (κ3) is 2.26. The summed E-state index contributed by atoms with van der Waals surface area (Å²) in [6.07, 6.45) is 1.42. The van der Waals surface area contributed by atoms with Crippen LogP contribution in [0, 0.1) is 18.6 Å². The molecule has 2 heterocycles. The normalized spacial score (nSPS) is 10.9. The van der Waals surface area contributed by atoms with Crippen molar-refractivity contribution >= 4 is 33.1 Å². The summed E-state index contributed by atoms with van der Waals surface area (Å²) in [6.45, 7) is 1.97. The Morgan fingerprint density at radius 1 is 1.16 bits per heavy atom. The average molecular weight is 277 g/mol. The SMILES string of the molecule is Cc1cc2c(Nc3ccc(F)cc3F)ncnc2s1. The predicted molar refractivity (Wildman–Crippen MR) is 71.8 cm³/mol. The van der Waals surface area contributed by atoms with Gasteiger partial charge in [-0.05, 0) is 25.1 Å². The van der Waals surface area contributed by atoms with Crippen LogP contribution < -0.4 is 5.32 Å². The smallest absolute Gasteiger partial charge is 0.149 e. The number of nitrogens with zero attached hydrogens (tertiary/aromatic N) is 2. The number of anilines is 2. The minimum atomic E-state index is -0.654. The lowest BCUT2D eigenvalue weighted by molar-refractivity contribution is 0.586. The highest BCUT2D eigenvalue weighted by atomic mass is 32.1. The molecule has 0 aliphatic carbocycles. The number of hydrogen-bond donors (Lipinski definition) is 1. The Balaban J connectivity index is 2.05. The Bertz CT molecular complexity index is 755. The van der Waals surface area contributed by atoms with E-state index in [0.717, 1.165) is 21.2 Å². The zero-order valence-corrected chi connectivity index (χ0v) is 10.8. The number of benzene rings is 1. The van der Waals surface area contributed by atoms with Gasteiger partial charge in [0.05, 0.1) is 11.1 Å². The van der Waals surface area contributed by atoms with E-state index < -0.39 is 11.6 Å². The van der Waals surface area contributed by atoms with Crippen LogP contribution in [0.4, 0.5) is 20.3 Å². The predicted octanol–water partition coefficient (Wildman–Crippen LogP) is 4.02. The van der Waals surface area contributed by atoms with Gasteiger partial charge in [0.15, 0.2) is 0 Å². The third-order valence-corrected chi connectivity index (χ3v) is 3.60. The maximum atomic E-state index is 13.6. The summed E-state index contributed by atoms with van der Waals surface area (Å²) in [6, 6.07) is 5.31. The fraction of sp³-hybridized carbons (Fsp3) is 0.0769. The monoisotopic (exact) mass is 277 g/mol. The van der Waals surface area contributed by atoms with E-state index in [9.17, 15) is 8.78 Å². The van der Waals surface area contributed by atoms with Crippen molar-refractivity contribution in [2.45, 2.75) is 6.92 Å². The summed E-state index contributed by atoms with van der Waals surface area (Å²) < 4.78 is 26.4. The van der Waals surface area contributed by atoms with Gasteiger partial charge in [0.1, 0.15) is 28.6 Å². The van der Waals surface area contributed by atoms with Crippen LogP contribution in [0.3, 0.4) is 0 Å². The van der Waals surface area contributed by atoms with Crippen LogP contribution in [-0.2, 0) is 0 Å². The zero-order valence-electron chi connectivity index (χ0n) is 9.95. The van der Waals surface area contributed by atoms with Crippen molar-refractivity contribution in [3.05, 3.63) is 47.1 Å². The van der Waals surface area contributed by atoms with Gasteiger partial charge >= 0.3 is 0 Å². The molecule has 0 atom stereocenters. The molecule has 0 aliphatic heterocycles. The first kappa shape index (κ1) is 12.0. The lowest BCUT2D eigenvalue weighted by atomic mass is 10.2. The molecule has 0 fully saturated rings. The van der Waals surface area contributed by atoms with Crippen LogP contribution in [0.1, 0.15) is 4.88 Å². The fourth-order valence-electron chi connectivity index (χ4n) is 1.79. The molecule has 1 aromatic carbocycles. The van der Waals surface area contributed by atoms with E-state index in [1.807, 2.05) is 13.0 Å². The molecule has 6 heteroatoms. The van der Waals surface area contributed by atoms with E-state index >= 15 is 0 Å². The fourth-order valence-corrected chi connectivity index (χ4v) is 2.64. The zero-order chi connectivity index (χ0) is 13.4. The Hall–Kier alpha value is -2.08. The minimum absolute atomic E-state index is 0.185. The van der Waals surface area contributed by atoms with Crippen molar-refractivity contribution in [1.82, 2.24) is 9.97 Å². The summed E-state index contributed by atoms with van der Waals surface area (Å²) in [7, 11) is 0. The summed E-state index contributed by atoms with van der Waals surface area (Å²) >= 11 is 1.54. The van der Waals surface area contributed by atoms with Crippen molar-refractivity contribution in [3.8, 4) is 0 Å². The van der Waals surface area contributed by atoms with Crippen molar-refractivity contribution in [1.29, 1.82) is 0 Å². The van der Waals surface area contributed by atoms with Crippen LogP contribution in [0.5, 0.6) is 0 Å². The van der Waals surface area contributed by atoms with Crippen molar-refractivity contribution in [2.24, 2.45) is 0 Å². The Kier molecular flexibility index (Phi) is 2.87. The van der Waals surface area contributed by atoms with Gasteiger partial charge in [0.25, 0.3) is 0 Å². The Morgan fingerprint density at radius 3 is 2.79 bits per heavy atom. The topological polar surface area (TPSA) is 37.8 Å². The van der Waals surface area contributed by atoms with E-state index in [0.29, 0.717) is 5.82 Å². The molecule has 0 saturated heterocycles. The summed E-state index contributed by atoms with van der Waals surface area (Å²) in [5, 5.41) is 3.70. The van der Waals surface area contributed by atoms with Gasteiger partial charge in [0.2, 0.25) is 0 Å². The van der Waals surface area contributed by atoms with E-state index in [4.69, 9.17) is 0 Å². The van der Waals surface area contributed by atoms with Crippen LogP contribution >= 0.6 is 11.3 Å². The highest BCUT2D eigenvalue weighted by molar-refractivity contribution is 7.18. The number of aromatic nitrogens is 2. The van der Waals surface area contributed by atoms with Crippen LogP contribution in [0.2, 0.25) is 0 Å². The van der Waals surface area contributed by atoms with Gasteiger partial charge in [-0.1, -0.05) is 0 Å². The number of aryl methyl sites for hydroxylation is 1. The molecule has 2 aromatic heterocycles. The Labute approximate surface area is 111 Å². The molecule has 3 nitrogen and oxygen atoms in total. The lowest BCUT2D eigenvalue weighted by Gasteiger charge is -2.07. The first-order valence-electron chi connectivity index (χ1n) is 5.57. The molecule has 1 N–H and O–H groups in total. The molecule has 96 valence electrons. The minimum Gasteiger partial charge on any atom is -0.337 e. The number of thiophene rings is 1. The van der Waals surface area contributed by atoms with E-state index in [2.05, 4.69) is 15.3 Å². The maximum Gasteiger partial charge on any atom is 0.149 e. The number of fused-ring (bicyclic) bond motifs is 1. The third-order valence-electron chi connectivity index (χ3n) is 2.64. The van der Waals surface area contributed by atoms with Crippen molar-refractivity contribution in [3.63, 3.8) is 0 Å². The average Bonchev–Trinajstić information content (AvgIpc) is 2.74. The second-order valence-electron chi connectivity index (χ2n) is 4.05. The molecule has 0 saturated carbocycles. The van der Waals surface area contributed by atoms with E-state index in [-0.39, 0.29) is 5.69 Å². The molecule has 0 unspecified atom stereocenters. The molecule has 3 aromatic rings. The number of rotatable bonds is 2. The summed E-state index contributed by atoms with van der Waals surface area (Å²) in [5.41, 5.74) is 0.185. The summed E-state index contributed by atoms with van der Waals surface area (Å²) in [5.74, 6) is -0.749. The molecule has 3 rings (SSSR count). The highest BCUT2D eigenvalue weighted by Crippen LogP contribution is 2.30. The van der Waals surface area contributed by atoms with E-state index in [1.165, 1.54) is 29.8 Å². The molecule has 0 radical (unpaired) electrons. The van der Waals surface area contributed by atoms with Crippen molar-refractivity contribution < 1.29 is 8.78 Å². The maximum absolute atomic E-state index is 13.6. The first-order valence-corrected chi connectivity index (χ1v) is 6.38. The summed E-state index contributed by atoms with van der Waals surface area (Å²) in [4.78, 5) is 10.2. The van der Waals surface area contributed by atoms with Crippen molar-refractivity contribution in [2.75, 3.05) is 5.32 Å². The molecular formula is C13H9F2N3S. The van der Waals surface area contributed by atoms with Crippen LogP contribution in [0.25, 0.3) is 10.2 Å². The van der Waals surface area contributed by atoms with Gasteiger partial charge in [-0.3, -0.25) is 0 Å². The second kappa shape index (κ2) is 4.55. The molecule has 0 spiro atoms. The molecular weight excluding hydrogens is 268 g/mol. The lowest BCUT2D eigenvalue weighted by Crippen LogP contribution is -1.97. The van der Waals surface area contributed by atoms with Gasteiger partial charge in [-0.25, -0.2) is 18.7 Å². The van der Waals surface area contributed by atoms with E-state index in [1.54, 1.807) is 0 Å². The van der Waals surface area contributed by atoms with Gasteiger partial charge in [-0.2, -0.15) is 0 Å².